The number of fused-ring (bicyclic) bond motifs is 7. The van der Waals surface area contributed by atoms with Crippen molar-refractivity contribution in [2.75, 3.05) is 6.61 Å². The minimum atomic E-state index is -1.38. The van der Waals surface area contributed by atoms with E-state index in [9.17, 15) is 14.7 Å². The molecule has 5 nitrogen and oxygen atoms in total. The fraction of sp³-hybridized carbons (Fsp3) is 0.931. The van der Waals surface area contributed by atoms with Crippen LogP contribution >= 0.6 is 0 Å². The van der Waals surface area contributed by atoms with Gasteiger partial charge in [-0.1, -0.05) is 47.5 Å². The average Bonchev–Trinajstić information content (AvgIpc) is 3.07. The Hall–Kier alpha value is -0.940. The molecule has 1 saturated heterocycles. The van der Waals surface area contributed by atoms with Crippen molar-refractivity contribution in [3.8, 4) is 0 Å². The lowest BCUT2D eigenvalue weighted by molar-refractivity contribution is -0.241. The molecule has 5 aliphatic rings. The molecular weight excluding hydrogens is 428 g/mol. The maximum atomic E-state index is 14.2. The molecule has 0 unspecified atom stereocenters. The van der Waals surface area contributed by atoms with Gasteiger partial charge in [0, 0.05) is 24.7 Å². The zero-order valence-electron chi connectivity index (χ0n) is 22.4. The van der Waals surface area contributed by atoms with Crippen LogP contribution in [0.2, 0.25) is 0 Å². The number of esters is 1. The van der Waals surface area contributed by atoms with Crippen LogP contribution in [0.3, 0.4) is 0 Å². The molecular formula is C29H46O5. The van der Waals surface area contributed by atoms with Crippen LogP contribution in [0.1, 0.15) is 99.8 Å². The van der Waals surface area contributed by atoms with Gasteiger partial charge in [0.1, 0.15) is 11.9 Å². The molecule has 5 rings (SSSR count). The molecule has 0 amide bonds. The lowest BCUT2D eigenvalue weighted by Gasteiger charge is -2.70. The van der Waals surface area contributed by atoms with Crippen molar-refractivity contribution in [1.82, 2.24) is 0 Å². The van der Waals surface area contributed by atoms with E-state index in [0.717, 1.165) is 6.42 Å². The highest BCUT2D eigenvalue weighted by molar-refractivity contribution is 5.87. The molecule has 1 heterocycles. The molecule has 5 heteroatoms. The highest BCUT2D eigenvalue weighted by Crippen LogP contribution is 2.74. The summed E-state index contributed by atoms with van der Waals surface area (Å²) in [6, 6.07) is 0. The summed E-state index contributed by atoms with van der Waals surface area (Å²) in [5.74, 6) is -0.712. The molecule has 0 aromatic rings. The second kappa shape index (κ2) is 7.54. The van der Waals surface area contributed by atoms with Crippen LogP contribution in [0.15, 0.2) is 0 Å². The molecule has 0 bridgehead atoms. The van der Waals surface area contributed by atoms with Crippen LogP contribution in [0.5, 0.6) is 0 Å². The van der Waals surface area contributed by atoms with Crippen molar-refractivity contribution >= 4 is 11.8 Å². The monoisotopic (exact) mass is 474 g/mol. The Morgan fingerprint density at radius 3 is 2.38 bits per heavy atom. The molecule has 1 aliphatic heterocycles. The zero-order chi connectivity index (χ0) is 24.9. The summed E-state index contributed by atoms with van der Waals surface area (Å²) >= 11 is 0. The lowest BCUT2D eigenvalue weighted by atomic mass is 9.34. The Bertz CT molecular complexity index is 882. The summed E-state index contributed by atoms with van der Waals surface area (Å²) in [4.78, 5) is 26.3. The first-order chi connectivity index (χ1) is 15.7. The highest BCUT2D eigenvalue weighted by atomic mass is 16.6. The fourth-order valence-corrected chi connectivity index (χ4v) is 10.8. The van der Waals surface area contributed by atoms with E-state index >= 15 is 0 Å². The van der Waals surface area contributed by atoms with E-state index in [1.807, 2.05) is 0 Å². The smallest absolute Gasteiger partial charge is 0.302 e. The summed E-state index contributed by atoms with van der Waals surface area (Å²) in [5.41, 5.74) is -0.0246. The molecule has 0 radical (unpaired) electrons. The Morgan fingerprint density at radius 1 is 1.06 bits per heavy atom. The second-order valence-corrected chi connectivity index (χ2v) is 13.9. The van der Waals surface area contributed by atoms with Gasteiger partial charge in [-0.3, -0.25) is 9.59 Å². The Kier molecular flexibility index (Phi) is 5.48. The second-order valence-electron chi connectivity index (χ2n) is 13.9. The first-order valence-electron chi connectivity index (χ1n) is 13.8. The highest BCUT2D eigenvalue weighted by Gasteiger charge is 2.73. The number of hydrogen-bond acceptors (Lipinski definition) is 5. The van der Waals surface area contributed by atoms with E-state index < -0.39 is 17.3 Å². The minimum absolute atomic E-state index is 0.0116. The van der Waals surface area contributed by atoms with Crippen LogP contribution < -0.4 is 0 Å². The van der Waals surface area contributed by atoms with Gasteiger partial charge in [0.2, 0.25) is 0 Å². The van der Waals surface area contributed by atoms with Gasteiger partial charge in [-0.15, -0.1) is 0 Å². The van der Waals surface area contributed by atoms with E-state index in [1.54, 1.807) is 6.92 Å². The summed E-state index contributed by atoms with van der Waals surface area (Å²) in [6.45, 7) is 15.4. The van der Waals surface area contributed by atoms with Crippen LogP contribution in [-0.4, -0.2) is 35.4 Å². The Balaban J connectivity index is 1.59. The van der Waals surface area contributed by atoms with Crippen LogP contribution in [0.25, 0.3) is 0 Å². The standard InChI is InChI=1S/C29H46O5/c1-8-25(3)11-9-12-26(4)20(25)10-13-27(5)21(26)15-23(31)28(6)18-16-33-29(7,32)24(18)19(14-22(27)28)34-17(2)30/h18-22,24,32H,8-16H2,1-7H3/t18-,19-,20-,21+,22-,24-,25-,26-,27+,28+,29-/m0/s1. The van der Waals surface area contributed by atoms with Crippen LogP contribution in [-0.2, 0) is 19.1 Å². The van der Waals surface area contributed by atoms with E-state index in [0.29, 0.717) is 42.5 Å². The van der Waals surface area contributed by atoms with Gasteiger partial charge in [-0.25, -0.2) is 0 Å². The van der Waals surface area contributed by atoms with Crippen molar-refractivity contribution in [1.29, 1.82) is 0 Å². The molecule has 5 fully saturated rings. The summed E-state index contributed by atoms with van der Waals surface area (Å²) in [7, 11) is 0. The lowest BCUT2D eigenvalue weighted by Crippen LogP contribution is -2.68. The number of ether oxygens (including phenoxy) is 2. The van der Waals surface area contributed by atoms with Gasteiger partial charge >= 0.3 is 5.97 Å². The zero-order valence-corrected chi connectivity index (χ0v) is 22.4. The topological polar surface area (TPSA) is 72.8 Å². The SMILES string of the molecule is CC[C@@]1(C)CCC[C@]2(C)[C@H]3CC(=O)[C@]4(C)[C@H]5CO[C@](C)(O)[C@@H]5[C@@H](OC(C)=O)C[C@H]4[C@]3(C)CC[C@@H]12. The van der Waals surface area contributed by atoms with Gasteiger partial charge in [0.05, 0.1) is 12.5 Å². The quantitative estimate of drug-likeness (QED) is 0.533. The maximum absolute atomic E-state index is 14.2. The number of carbonyl (C=O) groups excluding carboxylic acids is 2. The number of carbonyl (C=O) groups is 2. The molecule has 192 valence electrons. The van der Waals surface area contributed by atoms with Crippen LogP contribution in [0.4, 0.5) is 0 Å². The largest absolute Gasteiger partial charge is 0.462 e. The molecule has 0 spiro atoms. The van der Waals surface area contributed by atoms with Gasteiger partial charge in [-0.2, -0.15) is 0 Å². The summed E-state index contributed by atoms with van der Waals surface area (Å²) < 4.78 is 11.8. The van der Waals surface area contributed by atoms with Crippen molar-refractivity contribution < 1.29 is 24.2 Å². The summed E-state index contributed by atoms with van der Waals surface area (Å²) in [5, 5.41) is 11.1. The van der Waals surface area contributed by atoms with Gasteiger partial charge in [-0.05, 0) is 73.0 Å². The third-order valence-electron chi connectivity index (χ3n) is 12.5. The molecule has 11 atom stereocenters. The van der Waals surface area contributed by atoms with E-state index in [4.69, 9.17) is 9.47 Å². The maximum Gasteiger partial charge on any atom is 0.302 e. The molecule has 0 aromatic carbocycles. The number of rotatable bonds is 2. The third-order valence-corrected chi connectivity index (χ3v) is 12.5. The van der Waals surface area contributed by atoms with E-state index in [2.05, 4.69) is 34.6 Å². The molecule has 4 aliphatic carbocycles. The minimum Gasteiger partial charge on any atom is -0.462 e. The number of ketones is 1. The predicted octanol–water partition coefficient (Wildman–Crippen LogP) is 5.53. The number of hydrogen-bond donors (Lipinski definition) is 1. The molecule has 1 N–H and O–H groups in total. The Labute approximate surface area is 205 Å². The van der Waals surface area contributed by atoms with Gasteiger partial charge < -0.3 is 14.6 Å². The fourth-order valence-electron chi connectivity index (χ4n) is 10.8. The molecule has 0 aromatic heterocycles. The van der Waals surface area contributed by atoms with Crippen molar-refractivity contribution in [3.63, 3.8) is 0 Å². The van der Waals surface area contributed by atoms with E-state index in [-0.39, 0.29) is 34.6 Å². The predicted molar refractivity (Wildman–Crippen MR) is 130 cm³/mol. The van der Waals surface area contributed by atoms with Crippen molar-refractivity contribution in [2.24, 2.45) is 51.2 Å². The van der Waals surface area contributed by atoms with Gasteiger partial charge in [0.25, 0.3) is 0 Å². The first-order valence-corrected chi connectivity index (χ1v) is 13.8. The third kappa shape index (κ3) is 3.04. The first kappa shape index (κ1) is 24.7. The van der Waals surface area contributed by atoms with Crippen molar-refractivity contribution in [2.45, 2.75) is 112 Å². The number of Topliss-reactive ketones (excluding diaryl/α,β-unsaturated/α-hetero) is 1. The molecule has 4 saturated carbocycles. The Morgan fingerprint density at radius 2 is 1.74 bits per heavy atom. The summed E-state index contributed by atoms with van der Waals surface area (Å²) in [6.07, 6.45) is 8.17. The van der Waals surface area contributed by atoms with Crippen molar-refractivity contribution in [3.05, 3.63) is 0 Å². The van der Waals surface area contributed by atoms with E-state index in [1.165, 1.54) is 39.0 Å². The average molecular weight is 475 g/mol. The number of aliphatic hydroxyl groups is 1. The normalized spacial score (nSPS) is 56.6. The molecule has 34 heavy (non-hydrogen) atoms. The van der Waals surface area contributed by atoms with Crippen LogP contribution in [0, 0.1) is 51.2 Å². The van der Waals surface area contributed by atoms with Gasteiger partial charge in [0.15, 0.2) is 5.79 Å².